The van der Waals surface area contributed by atoms with Crippen molar-refractivity contribution in [3.05, 3.63) is 77.5 Å². The molecule has 5 heteroatoms. The van der Waals surface area contributed by atoms with Gasteiger partial charge in [-0.2, -0.15) is 5.10 Å². The predicted molar refractivity (Wildman–Crippen MR) is 107 cm³/mol. The second kappa shape index (κ2) is 8.54. The minimum absolute atomic E-state index is 0.210. The Labute approximate surface area is 160 Å². The third kappa shape index (κ3) is 4.97. The molecule has 0 fully saturated rings. The van der Waals surface area contributed by atoms with E-state index < -0.39 is 6.10 Å². The minimum atomic E-state index is -0.611. The van der Waals surface area contributed by atoms with Crippen molar-refractivity contribution in [1.29, 1.82) is 0 Å². The van der Waals surface area contributed by atoms with Crippen LogP contribution >= 0.6 is 0 Å². The van der Waals surface area contributed by atoms with Crippen LogP contribution in [0.1, 0.15) is 30.5 Å². The molecule has 3 aromatic rings. The highest BCUT2D eigenvalue weighted by Crippen LogP contribution is 2.15. The number of hydrogen-bond donors (Lipinski definition) is 1. The molecule has 1 atom stereocenters. The van der Waals surface area contributed by atoms with Crippen molar-refractivity contribution in [2.45, 2.75) is 39.8 Å². The number of anilines is 1. The first-order chi connectivity index (χ1) is 13.0. The number of nitrogens with one attached hydrogen (secondary N) is 1. The van der Waals surface area contributed by atoms with Gasteiger partial charge in [0.15, 0.2) is 6.10 Å². The SMILES string of the molecule is CCc1ccc(Cn2nccc2NC(=O)C(C)Oc2ccc(C)cc2)cc1. The van der Waals surface area contributed by atoms with E-state index in [9.17, 15) is 4.79 Å². The summed E-state index contributed by atoms with van der Waals surface area (Å²) in [5.74, 6) is 1.12. The highest BCUT2D eigenvalue weighted by Gasteiger charge is 2.16. The Bertz CT molecular complexity index is 883. The van der Waals surface area contributed by atoms with E-state index in [0.717, 1.165) is 17.5 Å². The van der Waals surface area contributed by atoms with E-state index in [-0.39, 0.29) is 5.91 Å². The fraction of sp³-hybridized carbons (Fsp3) is 0.273. The van der Waals surface area contributed by atoms with Crippen molar-refractivity contribution >= 4 is 11.7 Å². The van der Waals surface area contributed by atoms with Gasteiger partial charge in [-0.15, -0.1) is 0 Å². The maximum absolute atomic E-state index is 12.5. The lowest BCUT2D eigenvalue weighted by atomic mass is 10.1. The summed E-state index contributed by atoms with van der Waals surface area (Å²) in [4.78, 5) is 12.5. The number of benzene rings is 2. The average molecular weight is 363 g/mol. The van der Waals surface area contributed by atoms with Crippen LogP contribution in [0.5, 0.6) is 5.75 Å². The number of aryl methyl sites for hydroxylation is 2. The Kier molecular flexibility index (Phi) is 5.91. The Balaban J connectivity index is 1.62. The van der Waals surface area contributed by atoms with E-state index in [2.05, 4.69) is 41.6 Å². The van der Waals surface area contributed by atoms with Gasteiger partial charge in [-0.25, -0.2) is 4.68 Å². The standard InChI is InChI=1S/C22H25N3O2/c1-4-18-7-9-19(10-8-18)15-25-21(13-14-23-25)24-22(26)17(3)27-20-11-5-16(2)6-12-20/h5-14,17H,4,15H2,1-3H3,(H,24,26). The third-order valence-electron chi connectivity index (χ3n) is 4.43. The van der Waals surface area contributed by atoms with Crippen molar-refractivity contribution in [2.75, 3.05) is 5.32 Å². The average Bonchev–Trinajstić information content (AvgIpc) is 3.10. The highest BCUT2D eigenvalue weighted by molar-refractivity contribution is 5.93. The van der Waals surface area contributed by atoms with Gasteiger partial charge in [0.05, 0.1) is 12.7 Å². The van der Waals surface area contributed by atoms with Crippen LogP contribution in [0.3, 0.4) is 0 Å². The van der Waals surface area contributed by atoms with Gasteiger partial charge >= 0.3 is 0 Å². The van der Waals surface area contributed by atoms with Crippen molar-refractivity contribution in [3.63, 3.8) is 0 Å². The monoisotopic (exact) mass is 363 g/mol. The predicted octanol–water partition coefficient (Wildman–Crippen LogP) is 4.21. The van der Waals surface area contributed by atoms with Crippen LogP contribution in [-0.2, 0) is 17.8 Å². The van der Waals surface area contributed by atoms with Crippen molar-refractivity contribution in [1.82, 2.24) is 9.78 Å². The molecule has 3 rings (SSSR count). The molecule has 0 saturated carbocycles. The second-order valence-electron chi connectivity index (χ2n) is 6.61. The van der Waals surface area contributed by atoms with Gasteiger partial charge in [0.1, 0.15) is 11.6 Å². The molecule has 27 heavy (non-hydrogen) atoms. The molecule has 5 nitrogen and oxygen atoms in total. The summed E-state index contributed by atoms with van der Waals surface area (Å²) in [5.41, 5.74) is 3.58. The van der Waals surface area contributed by atoms with Gasteiger partial charge in [-0.05, 0) is 43.5 Å². The van der Waals surface area contributed by atoms with Crippen LogP contribution in [0.15, 0.2) is 60.8 Å². The second-order valence-corrected chi connectivity index (χ2v) is 6.61. The number of carbonyl (C=O) groups excluding carboxylic acids is 1. The van der Waals surface area contributed by atoms with Crippen molar-refractivity contribution in [3.8, 4) is 5.75 Å². The molecule has 0 spiro atoms. The molecule has 1 aromatic heterocycles. The number of carbonyl (C=O) groups is 1. The fourth-order valence-corrected chi connectivity index (χ4v) is 2.72. The molecule has 140 valence electrons. The first-order valence-electron chi connectivity index (χ1n) is 9.19. The maximum atomic E-state index is 12.5. The summed E-state index contributed by atoms with van der Waals surface area (Å²) in [6.45, 7) is 6.48. The molecule has 1 heterocycles. The number of aromatic nitrogens is 2. The molecule has 0 bridgehead atoms. The van der Waals surface area contributed by atoms with Crippen LogP contribution < -0.4 is 10.1 Å². The molecule has 0 radical (unpaired) electrons. The molecule has 1 N–H and O–H groups in total. The Morgan fingerprint density at radius 1 is 1.07 bits per heavy atom. The maximum Gasteiger partial charge on any atom is 0.266 e. The molecule has 2 aromatic carbocycles. The van der Waals surface area contributed by atoms with Gasteiger partial charge in [0, 0.05) is 6.07 Å². The van der Waals surface area contributed by atoms with Gasteiger partial charge in [0.25, 0.3) is 5.91 Å². The van der Waals surface area contributed by atoms with Crippen LogP contribution in [0.4, 0.5) is 5.82 Å². The smallest absolute Gasteiger partial charge is 0.266 e. The largest absolute Gasteiger partial charge is 0.481 e. The van der Waals surface area contributed by atoms with E-state index in [0.29, 0.717) is 18.1 Å². The molecule has 0 saturated heterocycles. The number of hydrogen-bond acceptors (Lipinski definition) is 3. The van der Waals surface area contributed by atoms with E-state index in [1.165, 1.54) is 5.56 Å². The highest BCUT2D eigenvalue weighted by atomic mass is 16.5. The zero-order valence-corrected chi connectivity index (χ0v) is 16.0. The van der Waals surface area contributed by atoms with E-state index in [1.54, 1.807) is 23.9 Å². The third-order valence-corrected chi connectivity index (χ3v) is 4.43. The lowest BCUT2D eigenvalue weighted by Gasteiger charge is -2.15. The zero-order chi connectivity index (χ0) is 19.2. The molecular formula is C22H25N3O2. The summed E-state index contributed by atoms with van der Waals surface area (Å²) in [6.07, 6.45) is 2.09. The van der Waals surface area contributed by atoms with E-state index in [4.69, 9.17) is 4.74 Å². The van der Waals surface area contributed by atoms with Crippen molar-refractivity contribution < 1.29 is 9.53 Å². The summed E-state index contributed by atoms with van der Waals surface area (Å²) in [5, 5.41) is 7.22. The minimum Gasteiger partial charge on any atom is -0.481 e. The molecule has 0 aliphatic carbocycles. The number of ether oxygens (including phenoxy) is 1. The van der Waals surface area contributed by atoms with Gasteiger partial charge in [-0.3, -0.25) is 4.79 Å². The van der Waals surface area contributed by atoms with Gasteiger partial charge in [-0.1, -0.05) is 48.9 Å². The Morgan fingerprint density at radius 2 is 1.74 bits per heavy atom. The fourth-order valence-electron chi connectivity index (χ4n) is 2.72. The lowest BCUT2D eigenvalue weighted by Crippen LogP contribution is -2.31. The topological polar surface area (TPSA) is 56.2 Å². The first-order valence-corrected chi connectivity index (χ1v) is 9.19. The zero-order valence-electron chi connectivity index (χ0n) is 16.0. The van der Waals surface area contributed by atoms with Crippen LogP contribution in [-0.4, -0.2) is 21.8 Å². The number of amides is 1. The van der Waals surface area contributed by atoms with Crippen LogP contribution in [0.2, 0.25) is 0 Å². The summed E-state index contributed by atoms with van der Waals surface area (Å²) < 4.78 is 7.50. The van der Waals surface area contributed by atoms with Crippen LogP contribution in [0.25, 0.3) is 0 Å². The molecule has 0 aliphatic heterocycles. The number of rotatable bonds is 7. The molecule has 1 amide bonds. The van der Waals surface area contributed by atoms with Gasteiger partial charge < -0.3 is 10.1 Å². The Morgan fingerprint density at radius 3 is 2.41 bits per heavy atom. The van der Waals surface area contributed by atoms with Crippen LogP contribution in [0, 0.1) is 6.92 Å². The number of nitrogens with zero attached hydrogens (tertiary/aromatic N) is 2. The first kappa shape index (κ1) is 18.7. The summed E-state index contributed by atoms with van der Waals surface area (Å²) >= 11 is 0. The molecule has 0 aliphatic rings. The Hall–Kier alpha value is -3.08. The van der Waals surface area contributed by atoms with E-state index >= 15 is 0 Å². The normalized spacial score (nSPS) is 11.8. The van der Waals surface area contributed by atoms with Crippen molar-refractivity contribution in [2.24, 2.45) is 0 Å². The molecule has 1 unspecified atom stereocenters. The van der Waals surface area contributed by atoms with E-state index in [1.807, 2.05) is 31.2 Å². The van der Waals surface area contributed by atoms with Gasteiger partial charge in [0.2, 0.25) is 0 Å². The summed E-state index contributed by atoms with van der Waals surface area (Å²) in [6, 6.07) is 17.9. The quantitative estimate of drug-likeness (QED) is 0.684. The molecular weight excluding hydrogens is 338 g/mol. The lowest BCUT2D eigenvalue weighted by molar-refractivity contribution is -0.122. The summed E-state index contributed by atoms with van der Waals surface area (Å²) in [7, 11) is 0.